The SMILES string of the molecule is CCN(CC)C(=O)[C@@H]1CCCN(Cc2ccc3c(c2)CN(Cc2ccc(OC)cc2OC)CCO3)C1. The fourth-order valence-corrected chi connectivity index (χ4v) is 5.41. The summed E-state index contributed by atoms with van der Waals surface area (Å²) in [7, 11) is 3.37. The molecular weight excluding hydrogens is 454 g/mol. The number of hydrogen-bond donors (Lipinski definition) is 0. The van der Waals surface area contributed by atoms with Gasteiger partial charge < -0.3 is 19.1 Å². The van der Waals surface area contributed by atoms with Crippen molar-refractivity contribution in [1.29, 1.82) is 0 Å². The third-order valence-electron chi connectivity index (χ3n) is 7.41. The minimum absolute atomic E-state index is 0.109. The van der Waals surface area contributed by atoms with Gasteiger partial charge in [-0.2, -0.15) is 0 Å². The summed E-state index contributed by atoms with van der Waals surface area (Å²) in [5.41, 5.74) is 3.62. The largest absolute Gasteiger partial charge is 0.497 e. The van der Waals surface area contributed by atoms with Crippen LogP contribution in [0.3, 0.4) is 0 Å². The Hall–Kier alpha value is -2.77. The number of amides is 1. The van der Waals surface area contributed by atoms with E-state index in [2.05, 4.69) is 47.9 Å². The minimum atomic E-state index is 0.109. The number of rotatable bonds is 9. The summed E-state index contributed by atoms with van der Waals surface area (Å²) in [5, 5.41) is 0. The van der Waals surface area contributed by atoms with E-state index in [4.69, 9.17) is 14.2 Å². The molecule has 196 valence electrons. The zero-order chi connectivity index (χ0) is 25.5. The summed E-state index contributed by atoms with van der Waals surface area (Å²) >= 11 is 0. The lowest BCUT2D eigenvalue weighted by Crippen LogP contribution is -2.44. The molecule has 2 aromatic carbocycles. The molecule has 0 spiro atoms. The Morgan fingerprint density at radius 1 is 1.03 bits per heavy atom. The van der Waals surface area contributed by atoms with E-state index in [0.29, 0.717) is 12.5 Å². The molecule has 0 N–H and O–H groups in total. The molecule has 1 amide bonds. The highest BCUT2D eigenvalue weighted by Crippen LogP contribution is 2.30. The van der Waals surface area contributed by atoms with Crippen molar-refractivity contribution in [1.82, 2.24) is 14.7 Å². The predicted molar refractivity (Wildman–Crippen MR) is 142 cm³/mol. The molecule has 36 heavy (non-hydrogen) atoms. The molecular formula is C29H41N3O4. The van der Waals surface area contributed by atoms with Crippen LogP contribution in [-0.4, -0.2) is 74.2 Å². The maximum absolute atomic E-state index is 12.9. The molecule has 0 aromatic heterocycles. The third kappa shape index (κ3) is 6.31. The standard InChI is InChI=1S/C29H41N3O4/c1-5-32(6-2)29(33)24-8-7-13-30(20-24)18-22-9-12-27-25(16-22)21-31(14-15-36-27)19-23-10-11-26(34-3)17-28(23)35-4/h9-12,16-17,24H,5-8,13-15,18-21H2,1-4H3/t24-/m1/s1. The van der Waals surface area contributed by atoms with Crippen molar-refractivity contribution < 1.29 is 19.0 Å². The normalized spacial score (nSPS) is 18.6. The second-order valence-electron chi connectivity index (χ2n) is 9.76. The Kier molecular flexibility index (Phi) is 9.10. The molecule has 1 atom stereocenters. The van der Waals surface area contributed by atoms with Crippen LogP contribution in [0.2, 0.25) is 0 Å². The Labute approximate surface area is 215 Å². The number of nitrogens with zero attached hydrogens (tertiary/aromatic N) is 3. The number of methoxy groups -OCH3 is 2. The molecule has 2 aliphatic heterocycles. The Morgan fingerprint density at radius 2 is 1.86 bits per heavy atom. The quantitative estimate of drug-likeness (QED) is 0.520. The van der Waals surface area contributed by atoms with E-state index in [1.54, 1.807) is 14.2 Å². The van der Waals surface area contributed by atoms with Crippen molar-refractivity contribution in [3.63, 3.8) is 0 Å². The molecule has 7 heteroatoms. The van der Waals surface area contributed by atoms with Crippen molar-refractivity contribution in [2.75, 3.05) is 53.6 Å². The molecule has 1 saturated heterocycles. The van der Waals surface area contributed by atoms with Crippen LogP contribution in [0.25, 0.3) is 0 Å². The maximum Gasteiger partial charge on any atom is 0.226 e. The van der Waals surface area contributed by atoms with Crippen LogP contribution in [0.5, 0.6) is 17.2 Å². The van der Waals surface area contributed by atoms with Gasteiger partial charge in [-0.1, -0.05) is 12.1 Å². The average Bonchev–Trinajstić information content (AvgIpc) is 3.11. The number of piperidine rings is 1. The van der Waals surface area contributed by atoms with Crippen LogP contribution in [-0.2, 0) is 24.4 Å². The smallest absolute Gasteiger partial charge is 0.226 e. The van der Waals surface area contributed by atoms with E-state index >= 15 is 0 Å². The number of carbonyl (C=O) groups is 1. The number of ether oxygens (including phenoxy) is 3. The van der Waals surface area contributed by atoms with Crippen LogP contribution in [0.1, 0.15) is 43.4 Å². The summed E-state index contributed by atoms with van der Waals surface area (Å²) in [5.74, 6) is 3.02. The highest BCUT2D eigenvalue weighted by Gasteiger charge is 2.28. The molecule has 2 aromatic rings. The van der Waals surface area contributed by atoms with Gasteiger partial charge in [-0.05, 0) is 57.0 Å². The van der Waals surface area contributed by atoms with Crippen molar-refractivity contribution in [2.24, 2.45) is 5.92 Å². The zero-order valence-electron chi connectivity index (χ0n) is 22.3. The van der Waals surface area contributed by atoms with Gasteiger partial charge in [0.1, 0.15) is 23.9 Å². The molecule has 0 saturated carbocycles. The maximum atomic E-state index is 12.9. The summed E-state index contributed by atoms with van der Waals surface area (Å²) in [4.78, 5) is 19.7. The van der Waals surface area contributed by atoms with Gasteiger partial charge in [0.2, 0.25) is 5.91 Å². The summed E-state index contributed by atoms with van der Waals surface area (Å²) in [6, 6.07) is 12.6. The highest BCUT2D eigenvalue weighted by molar-refractivity contribution is 5.79. The summed E-state index contributed by atoms with van der Waals surface area (Å²) < 4.78 is 17.1. The van der Waals surface area contributed by atoms with E-state index in [1.807, 2.05) is 17.0 Å². The van der Waals surface area contributed by atoms with Crippen LogP contribution in [0, 0.1) is 5.92 Å². The first-order valence-corrected chi connectivity index (χ1v) is 13.2. The van der Waals surface area contributed by atoms with E-state index in [-0.39, 0.29) is 5.92 Å². The van der Waals surface area contributed by atoms with Gasteiger partial charge in [0.25, 0.3) is 0 Å². The fourth-order valence-electron chi connectivity index (χ4n) is 5.41. The number of hydrogen-bond acceptors (Lipinski definition) is 6. The molecule has 2 aliphatic rings. The highest BCUT2D eigenvalue weighted by atomic mass is 16.5. The lowest BCUT2D eigenvalue weighted by atomic mass is 9.95. The predicted octanol–water partition coefficient (Wildman–Crippen LogP) is 4.18. The molecule has 4 rings (SSSR count). The average molecular weight is 496 g/mol. The van der Waals surface area contributed by atoms with Crippen molar-refractivity contribution in [2.45, 2.75) is 46.3 Å². The van der Waals surface area contributed by atoms with E-state index in [0.717, 1.165) is 88.0 Å². The third-order valence-corrected chi connectivity index (χ3v) is 7.41. The Balaban J connectivity index is 1.43. The van der Waals surface area contributed by atoms with Gasteiger partial charge in [-0.25, -0.2) is 0 Å². The molecule has 0 bridgehead atoms. The van der Waals surface area contributed by atoms with Crippen LogP contribution in [0.15, 0.2) is 36.4 Å². The number of likely N-dealkylation sites (tertiary alicyclic amines) is 1. The number of fused-ring (bicyclic) bond motifs is 1. The monoisotopic (exact) mass is 495 g/mol. The molecule has 7 nitrogen and oxygen atoms in total. The van der Waals surface area contributed by atoms with Gasteiger partial charge in [-0.15, -0.1) is 0 Å². The van der Waals surface area contributed by atoms with Crippen molar-refractivity contribution in [3.8, 4) is 17.2 Å². The lowest BCUT2D eigenvalue weighted by molar-refractivity contribution is -0.137. The molecule has 0 radical (unpaired) electrons. The molecule has 1 fully saturated rings. The first-order chi connectivity index (χ1) is 17.5. The lowest BCUT2D eigenvalue weighted by Gasteiger charge is -2.34. The van der Waals surface area contributed by atoms with Gasteiger partial charge in [-0.3, -0.25) is 14.6 Å². The second-order valence-corrected chi connectivity index (χ2v) is 9.76. The van der Waals surface area contributed by atoms with Crippen LogP contribution >= 0.6 is 0 Å². The van der Waals surface area contributed by atoms with Crippen molar-refractivity contribution in [3.05, 3.63) is 53.1 Å². The van der Waals surface area contributed by atoms with Crippen molar-refractivity contribution >= 4 is 5.91 Å². The van der Waals surface area contributed by atoms with Gasteiger partial charge >= 0.3 is 0 Å². The topological polar surface area (TPSA) is 54.5 Å². The fraction of sp³-hybridized carbons (Fsp3) is 0.552. The minimum Gasteiger partial charge on any atom is -0.497 e. The second kappa shape index (κ2) is 12.5. The van der Waals surface area contributed by atoms with Crippen LogP contribution in [0.4, 0.5) is 0 Å². The van der Waals surface area contributed by atoms with E-state index in [1.165, 1.54) is 11.1 Å². The number of carbonyl (C=O) groups excluding carboxylic acids is 1. The molecule has 0 aliphatic carbocycles. The van der Waals surface area contributed by atoms with Gasteiger partial charge in [0.15, 0.2) is 0 Å². The zero-order valence-corrected chi connectivity index (χ0v) is 22.3. The Morgan fingerprint density at radius 3 is 2.61 bits per heavy atom. The van der Waals surface area contributed by atoms with Gasteiger partial charge in [0.05, 0.1) is 20.1 Å². The summed E-state index contributed by atoms with van der Waals surface area (Å²) in [6.07, 6.45) is 2.07. The van der Waals surface area contributed by atoms with E-state index < -0.39 is 0 Å². The molecule has 2 heterocycles. The van der Waals surface area contributed by atoms with Gasteiger partial charge in [0, 0.05) is 63.0 Å². The first-order valence-electron chi connectivity index (χ1n) is 13.2. The van der Waals surface area contributed by atoms with E-state index in [9.17, 15) is 4.79 Å². The van der Waals surface area contributed by atoms with Crippen LogP contribution < -0.4 is 14.2 Å². The molecule has 0 unspecified atom stereocenters. The summed E-state index contributed by atoms with van der Waals surface area (Å²) in [6.45, 7) is 11.6. The first kappa shape index (κ1) is 26.3. The Bertz CT molecular complexity index is 1020. The number of benzene rings is 2.